The Hall–Kier alpha value is -1.56. The van der Waals surface area contributed by atoms with Crippen molar-refractivity contribution in [1.29, 1.82) is 0 Å². The molecule has 20 heavy (non-hydrogen) atoms. The lowest BCUT2D eigenvalue weighted by Crippen LogP contribution is -2.32. The normalized spacial score (nSPS) is 14.3. The van der Waals surface area contributed by atoms with E-state index in [-0.39, 0.29) is 29.7 Å². The Labute approximate surface area is 126 Å². The van der Waals surface area contributed by atoms with Crippen LogP contribution in [0.1, 0.15) is 29.6 Å². The molecular weight excluding hydrogens is 324 g/mol. The standard InChI is InChI=1S/C14H17BrN2O3/c15-10-3-4-11(12(18)9-10)14(20)16-6-5-13(19)17-7-1-2-8-17/h3-4,9,18H,1-2,5-8H2,(H,16,20). The fourth-order valence-corrected chi connectivity index (χ4v) is 2.55. The predicted octanol–water partition coefficient (Wildman–Crippen LogP) is 1.90. The van der Waals surface area contributed by atoms with E-state index < -0.39 is 0 Å². The van der Waals surface area contributed by atoms with Crippen molar-refractivity contribution in [1.82, 2.24) is 10.2 Å². The Morgan fingerprint density at radius 3 is 2.65 bits per heavy atom. The average Bonchev–Trinajstić information content (AvgIpc) is 2.92. The largest absolute Gasteiger partial charge is 0.507 e. The van der Waals surface area contributed by atoms with Gasteiger partial charge in [0.1, 0.15) is 5.75 Å². The first-order chi connectivity index (χ1) is 9.58. The van der Waals surface area contributed by atoms with Gasteiger partial charge < -0.3 is 15.3 Å². The highest BCUT2D eigenvalue weighted by atomic mass is 79.9. The quantitative estimate of drug-likeness (QED) is 0.879. The molecule has 0 atom stereocenters. The molecule has 2 amide bonds. The Morgan fingerprint density at radius 1 is 1.30 bits per heavy atom. The fourth-order valence-electron chi connectivity index (χ4n) is 2.20. The molecule has 5 nitrogen and oxygen atoms in total. The van der Waals surface area contributed by atoms with E-state index in [9.17, 15) is 14.7 Å². The number of nitrogens with one attached hydrogen (secondary N) is 1. The van der Waals surface area contributed by atoms with Gasteiger partial charge in [-0.25, -0.2) is 0 Å². The van der Waals surface area contributed by atoms with E-state index in [1.165, 1.54) is 12.1 Å². The molecule has 1 aliphatic rings. The topological polar surface area (TPSA) is 69.6 Å². The van der Waals surface area contributed by atoms with Crippen LogP contribution in [0.4, 0.5) is 0 Å². The number of hydrogen-bond acceptors (Lipinski definition) is 3. The zero-order valence-corrected chi connectivity index (χ0v) is 12.6. The van der Waals surface area contributed by atoms with Gasteiger partial charge in [0.25, 0.3) is 5.91 Å². The lowest BCUT2D eigenvalue weighted by Gasteiger charge is -2.15. The van der Waals surface area contributed by atoms with E-state index in [0.29, 0.717) is 10.9 Å². The molecule has 1 saturated heterocycles. The summed E-state index contributed by atoms with van der Waals surface area (Å²) in [5.41, 5.74) is 0.210. The SMILES string of the molecule is O=C(NCCC(=O)N1CCCC1)c1ccc(Br)cc1O. The van der Waals surface area contributed by atoms with Gasteiger partial charge in [-0.05, 0) is 31.0 Å². The summed E-state index contributed by atoms with van der Waals surface area (Å²) in [5.74, 6) is -0.380. The van der Waals surface area contributed by atoms with Crippen molar-refractivity contribution in [2.24, 2.45) is 0 Å². The molecule has 0 aliphatic carbocycles. The predicted molar refractivity (Wildman–Crippen MR) is 78.6 cm³/mol. The number of likely N-dealkylation sites (tertiary alicyclic amines) is 1. The summed E-state index contributed by atoms with van der Waals surface area (Å²) in [6, 6.07) is 4.69. The zero-order chi connectivity index (χ0) is 14.5. The molecule has 0 aromatic heterocycles. The van der Waals surface area contributed by atoms with Crippen molar-refractivity contribution in [2.75, 3.05) is 19.6 Å². The lowest BCUT2D eigenvalue weighted by molar-refractivity contribution is -0.129. The number of amides is 2. The van der Waals surface area contributed by atoms with Crippen LogP contribution in [-0.4, -0.2) is 41.5 Å². The van der Waals surface area contributed by atoms with Gasteiger partial charge in [-0.1, -0.05) is 15.9 Å². The van der Waals surface area contributed by atoms with E-state index in [1.54, 1.807) is 6.07 Å². The van der Waals surface area contributed by atoms with Gasteiger partial charge in [0.15, 0.2) is 0 Å². The fraction of sp³-hybridized carbons (Fsp3) is 0.429. The minimum Gasteiger partial charge on any atom is -0.507 e. The van der Waals surface area contributed by atoms with Crippen molar-refractivity contribution >= 4 is 27.7 Å². The Morgan fingerprint density at radius 2 is 2.00 bits per heavy atom. The number of phenolic OH excluding ortho intramolecular Hbond substituents is 1. The second-order valence-electron chi connectivity index (χ2n) is 4.76. The molecule has 1 aromatic carbocycles. The summed E-state index contributed by atoms with van der Waals surface area (Å²) in [4.78, 5) is 25.5. The van der Waals surface area contributed by atoms with Crippen LogP contribution in [0.5, 0.6) is 5.75 Å². The molecule has 1 aliphatic heterocycles. The Balaban J connectivity index is 1.81. The average molecular weight is 341 g/mol. The molecule has 0 saturated carbocycles. The molecule has 6 heteroatoms. The van der Waals surface area contributed by atoms with Crippen molar-refractivity contribution < 1.29 is 14.7 Å². The lowest BCUT2D eigenvalue weighted by atomic mass is 10.2. The maximum atomic E-state index is 11.9. The minimum atomic E-state index is -0.371. The molecule has 108 valence electrons. The summed E-state index contributed by atoms with van der Waals surface area (Å²) in [5, 5.41) is 12.3. The van der Waals surface area contributed by atoms with Gasteiger partial charge in [-0.2, -0.15) is 0 Å². The van der Waals surface area contributed by atoms with E-state index in [1.807, 2.05) is 4.90 Å². The molecule has 1 aromatic rings. The maximum Gasteiger partial charge on any atom is 0.255 e. The number of carbonyl (C=O) groups is 2. The number of rotatable bonds is 4. The highest BCUT2D eigenvalue weighted by Crippen LogP contribution is 2.22. The van der Waals surface area contributed by atoms with E-state index in [0.717, 1.165) is 25.9 Å². The van der Waals surface area contributed by atoms with Crippen molar-refractivity contribution in [2.45, 2.75) is 19.3 Å². The first kappa shape index (κ1) is 14.8. The molecule has 1 heterocycles. The number of phenols is 1. The zero-order valence-electron chi connectivity index (χ0n) is 11.1. The highest BCUT2D eigenvalue weighted by Gasteiger charge is 2.18. The van der Waals surface area contributed by atoms with Gasteiger partial charge >= 0.3 is 0 Å². The van der Waals surface area contributed by atoms with Crippen LogP contribution < -0.4 is 5.32 Å². The maximum absolute atomic E-state index is 11.9. The van der Waals surface area contributed by atoms with Gasteiger partial charge in [0.2, 0.25) is 5.91 Å². The molecule has 0 bridgehead atoms. The molecule has 2 N–H and O–H groups in total. The summed E-state index contributed by atoms with van der Waals surface area (Å²) in [6.45, 7) is 1.92. The van der Waals surface area contributed by atoms with E-state index in [2.05, 4.69) is 21.2 Å². The van der Waals surface area contributed by atoms with Crippen LogP contribution in [0.15, 0.2) is 22.7 Å². The molecule has 1 fully saturated rings. The van der Waals surface area contributed by atoms with E-state index in [4.69, 9.17) is 0 Å². The summed E-state index contributed by atoms with van der Waals surface area (Å²) in [6.07, 6.45) is 2.42. The van der Waals surface area contributed by atoms with Gasteiger partial charge in [0.05, 0.1) is 5.56 Å². The number of benzene rings is 1. The third-order valence-electron chi connectivity index (χ3n) is 3.29. The molecule has 0 spiro atoms. The van der Waals surface area contributed by atoms with Crippen LogP contribution in [-0.2, 0) is 4.79 Å². The second kappa shape index (κ2) is 6.74. The Kier molecular flexibility index (Phi) is 5.00. The van der Waals surface area contributed by atoms with Crippen molar-refractivity contribution in [3.8, 4) is 5.75 Å². The third-order valence-corrected chi connectivity index (χ3v) is 3.78. The molecular formula is C14H17BrN2O3. The van der Waals surface area contributed by atoms with Crippen LogP contribution in [0.2, 0.25) is 0 Å². The number of carbonyl (C=O) groups excluding carboxylic acids is 2. The van der Waals surface area contributed by atoms with Gasteiger partial charge in [-0.3, -0.25) is 9.59 Å². The van der Waals surface area contributed by atoms with Gasteiger partial charge in [-0.15, -0.1) is 0 Å². The van der Waals surface area contributed by atoms with Gasteiger partial charge in [0, 0.05) is 30.5 Å². The number of halogens is 1. The number of nitrogens with zero attached hydrogens (tertiary/aromatic N) is 1. The minimum absolute atomic E-state index is 0.0721. The summed E-state index contributed by atoms with van der Waals surface area (Å²) < 4.78 is 0.704. The monoisotopic (exact) mass is 340 g/mol. The van der Waals surface area contributed by atoms with Crippen LogP contribution >= 0.6 is 15.9 Å². The van der Waals surface area contributed by atoms with Crippen molar-refractivity contribution in [3.63, 3.8) is 0 Å². The summed E-state index contributed by atoms with van der Waals surface area (Å²) in [7, 11) is 0. The molecule has 0 radical (unpaired) electrons. The second-order valence-corrected chi connectivity index (χ2v) is 5.67. The smallest absolute Gasteiger partial charge is 0.255 e. The van der Waals surface area contributed by atoms with E-state index >= 15 is 0 Å². The number of hydrogen-bond donors (Lipinski definition) is 2. The first-order valence-corrected chi connectivity index (χ1v) is 7.42. The first-order valence-electron chi connectivity index (χ1n) is 6.62. The van der Waals surface area contributed by atoms with Crippen LogP contribution in [0, 0.1) is 0 Å². The highest BCUT2D eigenvalue weighted by molar-refractivity contribution is 9.10. The molecule has 2 rings (SSSR count). The number of aromatic hydroxyl groups is 1. The Bertz CT molecular complexity index is 513. The summed E-state index contributed by atoms with van der Waals surface area (Å²) >= 11 is 3.21. The van der Waals surface area contributed by atoms with Crippen LogP contribution in [0.3, 0.4) is 0 Å². The third kappa shape index (κ3) is 3.72. The van der Waals surface area contributed by atoms with Crippen molar-refractivity contribution in [3.05, 3.63) is 28.2 Å². The van der Waals surface area contributed by atoms with Crippen LogP contribution in [0.25, 0.3) is 0 Å². The molecule has 0 unspecified atom stereocenters.